The maximum Gasteiger partial charge on any atom is 0.416 e. The molecule has 0 saturated carbocycles. The number of pyridine rings is 1. The molecule has 0 aliphatic heterocycles. The van der Waals surface area contributed by atoms with E-state index in [0.717, 1.165) is 15.7 Å². The molecule has 3 nitrogen and oxygen atoms in total. The Morgan fingerprint density at radius 1 is 1.14 bits per heavy atom. The molecule has 2 aromatic rings. The third-order valence-corrected chi connectivity index (χ3v) is 3.59. The highest BCUT2D eigenvalue weighted by Crippen LogP contribution is 2.33. The van der Waals surface area contributed by atoms with Crippen LogP contribution in [-0.2, 0) is 6.18 Å². The van der Waals surface area contributed by atoms with Crippen molar-refractivity contribution < 1.29 is 13.2 Å². The van der Waals surface area contributed by atoms with E-state index in [0.29, 0.717) is 12.2 Å². The van der Waals surface area contributed by atoms with E-state index in [4.69, 9.17) is 0 Å². The number of hydrogen-bond donors (Lipinski definition) is 2. The van der Waals surface area contributed by atoms with E-state index in [1.807, 2.05) is 18.2 Å². The fourth-order valence-corrected chi connectivity index (χ4v) is 2.25. The van der Waals surface area contributed by atoms with Crippen LogP contribution in [0.3, 0.4) is 0 Å². The minimum Gasteiger partial charge on any atom is -0.370 e. The summed E-state index contributed by atoms with van der Waals surface area (Å²) in [6.07, 6.45) is -4.41. The molecule has 21 heavy (non-hydrogen) atoms. The Kier molecular flexibility index (Phi) is 4.92. The van der Waals surface area contributed by atoms with E-state index >= 15 is 0 Å². The van der Waals surface area contributed by atoms with Crippen molar-refractivity contribution in [2.45, 2.75) is 13.1 Å². The molecule has 1 aromatic carbocycles. The van der Waals surface area contributed by atoms with Gasteiger partial charge in [0.15, 0.2) is 0 Å². The van der Waals surface area contributed by atoms with E-state index in [-0.39, 0.29) is 11.6 Å². The summed E-state index contributed by atoms with van der Waals surface area (Å²) in [5, 5.41) is 5.73. The minimum absolute atomic E-state index is 0.157. The maximum atomic E-state index is 12.9. The normalized spacial score (nSPS) is 11.3. The minimum atomic E-state index is -4.41. The first-order chi connectivity index (χ1) is 9.90. The summed E-state index contributed by atoms with van der Waals surface area (Å²) in [6, 6.07) is 9.33. The smallest absolute Gasteiger partial charge is 0.370 e. The first kappa shape index (κ1) is 15.9. The van der Waals surface area contributed by atoms with E-state index < -0.39 is 11.7 Å². The second-order valence-electron chi connectivity index (χ2n) is 4.26. The number of aromatic nitrogens is 1. The Morgan fingerprint density at radius 2 is 1.81 bits per heavy atom. The zero-order valence-electron chi connectivity index (χ0n) is 11.1. The number of nitrogens with zero attached hydrogens (tertiary/aromatic N) is 1. The van der Waals surface area contributed by atoms with Crippen molar-refractivity contribution in [2.75, 3.05) is 17.2 Å². The molecule has 0 aliphatic carbocycles. The monoisotopic (exact) mass is 407 g/mol. The molecule has 2 N–H and O–H groups in total. The Labute approximate surface area is 134 Å². The van der Waals surface area contributed by atoms with Crippen molar-refractivity contribution in [3.8, 4) is 0 Å². The predicted molar refractivity (Wildman–Crippen MR) is 85.8 cm³/mol. The van der Waals surface area contributed by atoms with Crippen LogP contribution in [0, 0.1) is 3.57 Å². The second kappa shape index (κ2) is 6.50. The molecule has 0 bridgehead atoms. The summed E-state index contributed by atoms with van der Waals surface area (Å²) in [5.41, 5.74) is -0.0192. The van der Waals surface area contributed by atoms with Gasteiger partial charge in [-0.2, -0.15) is 13.2 Å². The van der Waals surface area contributed by atoms with Gasteiger partial charge >= 0.3 is 6.18 Å². The molecular weight excluding hydrogens is 394 g/mol. The molecule has 7 heteroatoms. The number of anilines is 3. The second-order valence-corrected chi connectivity index (χ2v) is 5.42. The van der Waals surface area contributed by atoms with Crippen LogP contribution in [0.25, 0.3) is 0 Å². The molecule has 1 aromatic heterocycles. The van der Waals surface area contributed by atoms with Crippen LogP contribution in [0.1, 0.15) is 12.5 Å². The summed E-state index contributed by atoms with van der Waals surface area (Å²) in [4.78, 5) is 4.15. The van der Waals surface area contributed by atoms with Gasteiger partial charge in [-0.25, -0.2) is 4.98 Å². The highest BCUT2D eigenvalue weighted by atomic mass is 127. The fraction of sp³-hybridized carbons (Fsp3) is 0.214. The van der Waals surface area contributed by atoms with Gasteiger partial charge in [0.1, 0.15) is 11.6 Å². The first-order valence-corrected chi connectivity index (χ1v) is 7.32. The van der Waals surface area contributed by atoms with Gasteiger partial charge in [-0.3, -0.25) is 0 Å². The number of benzene rings is 1. The summed E-state index contributed by atoms with van der Waals surface area (Å²) in [5.74, 6) is 0.352. The van der Waals surface area contributed by atoms with Crippen LogP contribution in [0.2, 0.25) is 0 Å². The van der Waals surface area contributed by atoms with Crippen LogP contribution >= 0.6 is 22.6 Å². The SMILES string of the molecule is CCNc1cc(C(F)(F)F)cc(Nc2ccccc2I)n1. The third kappa shape index (κ3) is 4.23. The highest BCUT2D eigenvalue weighted by Gasteiger charge is 2.31. The van der Waals surface area contributed by atoms with Crippen molar-refractivity contribution in [2.24, 2.45) is 0 Å². The molecule has 0 atom stereocenters. The highest BCUT2D eigenvalue weighted by molar-refractivity contribution is 14.1. The fourth-order valence-electron chi connectivity index (χ4n) is 1.73. The number of halogens is 4. The third-order valence-electron chi connectivity index (χ3n) is 2.65. The average Bonchev–Trinajstić information content (AvgIpc) is 2.41. The van der Waals surface area contributed by atoms with Crippen LogP contribution in [0.15, 0.2) is 36.4 Å². The average molecular weight is 407 g/mol. The topological polar surface area (TPSA) is 37.0 Å². The van der Waals surface area contributed by atoms with Gasteiger partial charge in [-0.05, 0) is 53.8 Å². The van der Waals surface area contributed by atoms with E-state index in [1.54, 1.807) is 13.0 Å². The van der Waals surface area contributed by atoms with Crippen LogP contribution in [0.4, 0.5) is 30.5 Å². The quantitative estimate of drug-likeness (QED) is 0.710. The van der Waals surface area contributed by atoms with E-state index in [1.165, 1.54) is 0 Å². The molecule has 0 fully saturated rings. The Hall–Kier alpha value is -1.51. The molecule has 2 rings (SSSR count). The van der Waals surface area contributed by atoms with Crippen molar-refractivity contribution in [3.05, 3.63) is 45.5 Å². The van der Waals surface area contributed by atoms with E-state index in [2.05, 4.69) is 38.2 Å². The number of para-hydroxylation sites is 1. The number of nitrogens with one attached hydrogen (secondary N) is 2. The summed E-state index contributed by atoms with van der Waals surface area (Å²) >= 11 is 2.11. The lowest BCUT2D eigenvalue weighted by molar-refractivity contribution is -0.137. The molecule has 0 radical (unpaired) electrons. The molecular formula is C14H13F3IN3. The standard InChI is InChI=1S/C14H13F3IN3/c1-2-19-12-7-9(14(15,16)17)8-13(21-12)20-11-6-4-3-5-10(11)18/h3-8H,2H2,1H3,(H2,19,20,21). The molecule has 0 saturated heterocycles. The van der Waals surface area contributed by atoms with E-state index in [9.17, 15) is 13.2 Å². The zero-order valence-corrected chi connectivity index (χ0v) is 13.3. The number of hydrogen-bond acceptors (Lipinski definition) is 3. The van der Waals surface area contributed by atoms with Crippen molar-refractivity contribution in [1.29, 1.82) is 0 Å². The molecule has 0 spiro atoms. The molecule has 1 heterocycles. The molecule has 112 valence electrons. The summed E-state index contributed by atoms with van der Waals surface area (Å²) in [7, 11) is 0. The Morgan fingerprint density at radius 3 is 2.43 bits per heavy atom. The van der Waals surface area contributed by atoms with Crippen LogP contribution in [-0.4, -0.2) is 11.5 Å². The lowest BCUT2D eigenvalue weighted by Gasteiger charge is -2.14. The Bertz CT molecular complexity index is 629. The first-order valence-electron chi connectivity index (χ1n) is 6.25. The van der Waals surface area contributed by atoms with Gasteiger partial charge in [-0.15, -0.1) is 0 Å². The predicted octanol–water partition coefficient (Wildman–Crippen LogP) is 4.88. The lowest BCUT2D eigenvalue weighted by atomic mass is 10.2. The number of rotatable bonds is 4. The Balaban J connectivity index is 2.38. The van der Waals surface area contributed by atoms with Gasteiger partial charge in [0.05, 0.1) is 11.3 Å². The lowest BCUT2D eigenvalue weighted by Crippen LogP contribution is -2.09. The van der Waals surface area contributed by atoms with Gasteiger partial charge < -0.3 is 10.6 Å². The zero-order chi connectivity index (χ0) is 15.5. The van der Waals surface area contributed by atoms with Gasteiger partial charge in [-0.1, -0.05) is 12.1 Å². The van der Waals surface area contributed by atoms with Crippen molar-refractivity contribution in [3.63, 3.8) is 0 Å². The van der Waals surface area contributed by atoms with Gasteiger partial charge in [0, 0.05) is 10.1 Å². The molecule has 0 unspecified atom stereocenters. The molecule has 0 aliphatic rings. The number of alkyl halides is 3. The summed E-state index contributed by atoms with van der Waals surface area (Å²) < 4.78 is 39.7. The summed E-state index contributed by atoms with van der Waals surface area (Å²) in [6.45, 7) is 2.30. The van der Waals surface area contributed by atoms with Gasteiger partial charge in [0.2, 0.25) is 0 Å². The molecule has 0 amide bonds. The largest absolute Gasteiger partial charge is 0.416 e. The van der Waals surface area contributed by atoms with Crippen molar-refractivity contribution in [1.82, 2.24) is 4.98 Å². The van der Waals surface area contributed by atoms with Crippen molar-refractivity contribution >= 4 is 39.9 Å². The van der Waals surface area contributed by atoms with Crippen LogP contribution in [0.5, 0.6) is 0 Å². The van der Waals surface area contributed by atoms with Crippen LogP contribution < -0.4 is 10.6 Å². The van der Waals surface area contributed by atoms with Gasteiger partial charge in [0.25, 0.3) is 0 Å². The maximum absolute atomic E-state index is 12.9.